The second-order valence-electron chi connectivity index (χ2n) is 3.83. The Balaban J connectivity index is 1.91. The van der Waals surface area contributed by atoms with Crippen LogP contribution in [0.2, 0.25) is 0 Å². The maximum absolute atomic E-state index is 8.80. The number of nitrogens with one attached hydrogen (secondary N) is 1. The van der Waals surface area contributed by atoms with Crippen molar-refractivity contribution in [1.82, 2.24) is 9.97 Å². The van der Waals surface area contributed by atoms with Crippen molar-refractivity contribution >= 4 is 38.9 Å². The third-order valence-electron chi connectivity index (χ3n) is 2.45. The second-order valence-corrected chi connectivity index (χ2v) is 5.74. The average Bonchev–Trinajstić information content (AvgIpc) is 2.84. The van der Waals surface area contributed by atoms with E-state index in [1.807, 2.05) is 6.19 Å². The monoisotopic (exact) mass is 337 g/mol. The van der Waals surface area contributed by atoms with Gasteiger partial charge in [0.05, 0.1) is 0 Å². The molecule has 5 nitrogen and oxygen atoms in total. The Morgan fingerprint density at radius 2 is 2.32 bits per heavy atom. The largest absolute Gasteiger partial charge is 0.370 e. The molecule has 0 aliphatic carbocycles. The molecule has 98 valence electrons. The molecule has 1 N–H and O–H groups in total. The first-order chi connectivity index (χ1) is 9.19. The minimum atomic E-state index is 0.582. The summed E-state index contributed by atoms with van der Waals surface area (Å²) in [4.78, 5) is 10.9. The van der Waals surface area contributed by atoms with Crippen LogP contribution in [0.4, 0.5) is 11.6 Å². The molecule has 7 heteroatoms. The van der Waals surface area contributed by atoms with Crippen LogP contribution >= 0.6 is 27.3 Å². The third-order valence-corrected chi connectivity index (χ3v) is 4.20. The highest BCUT2D eigenvalue weighted by Gasteiger charge is 2.03. The molecule has 0 unspecified atom stereocenters. The van der Waals surface area contributed by atoms with Gasteiger partial charge in [-0.3, -0.25) is 4.90 Å². The van der Waals surface area contributed by atoms with Crippen molar-refractivity contribution in [3.63, 3.8) is 0 Å². The first kappa shape index (κ1) is 13.8. The molecular weight excluding hydrogens is 326 g/mol. The molecular formula is C12H12BrN5S. The van der Waals surface area contributed by atoms with Crippen molar-refractivity contribution in [3.8, 4) is 6.19 Å². The van der Waals surface area contributed by atoms with Gasteiger partial charge in [-0.1, -0.05) is 0 Å². The number of hydrogen-bond donors (Lipinski definition) is 1. The Morgan fingerprint density at radius 3 is 3.00 bits per heavy atom. The number of thiophene rings is 1. The van der Waals surface area contributed by atoms with Gasteiger partial charge in [-0.25, -0.2) is 9.97 Å². The molecule has 2 heterocycles. The van der Waals surface area contributed by atoms with Crippen molar-refractivity contribution in [2.75, 3.05) is 23.8 Å². The maximum atomic E-state index is 8.80. The molecule has 0 bridgehead atoms. The second kappa shape index (κ2) is 6.50. The summed E-state index contributed by atoms with van der Waals surface area (Å²) in [5.41, 5.74) is 0. The van der Waals surface area contributed by atoms with E-state index in [2.05, 4.69) is 42.7 Å². The van der Waals surface area contributed by atoms with Gasteiger partial charge in [0.1, 0.15) is 18.0 Å². The number of halogens is 1. The minimum Gasteiger partial charge on any atom is -0.370 e. The molecule has 0 radical (unpaired) electrons. The quantitative estimate of drug-likeness (QED) is 0.671. The molecule has 0 spiro atoms. The zero-order valence-electron chi connectivity index (χ0n) is 10.3. The van der Waals surface area contributed by atoms with Gasteiger partial charge in [-0.05, 0) is 28.4 Å². The van der Waals surface area contributed by atoms with E-state index in [9.17, 15) is 0 Å². The van der Waals surface area contributed by atoms with Crippen LogP contribution in [-0.2, 0) is 6.42 Å². The van der Waals surface area contributed by atoms with Gasteiger partial charge in [0, 0.05) is 34.4 Å². The summed E-state index contributed by atoms with van der Waals surface area (Å²) in [6.45, 7) is 0.791. The lowest BCUT2D eigenvalue weighted by Gasteiger charge is -2.09. The van der Waals surface area contributed by atoms with E-state index in [1.165, 1.54) is 16.1 Å². The summed E-state index contributed by atoms with van der Waals surface area (Å²) in [6, 6.07) is 3.87. The van der Waals surface area contributed by atoms with Gasteiger partial charge >= 0.3 is 0 Å². The fourth-order valence-corrected chi connectivity index (χ4v) is 2.93. The molecule has 2 aromatic rings. The van der Waals surface area contributed by atoms with Gasteiger partial charge in [-0.2, -0.15) is 5.26 Å². The van der Waals surface area contributed by atoms with Crippen molar-refractivity contribution in [2.24, 2.45) is 0 Å². The fraction of sp³-hybridized carbons (Fsp3) is 0.250. The van der Waals surface area contributed by atoms with E-state index in [1.54, 1.807) is 24.5 Å². The van der Waals surface area contributed by atoms with E-state index >= 15 is 0 Å². The molecule has 0 aliphatic heterocycles. The lowest BCUT2D eigenvalue weighted by molar-refractivity contribution is 1.01. The minimum absolute atomic E-state index is 0.582. The molecule has 0 saturated heterocycles. The first-order valence-corrected chi connectivity index (χ1v) is 7.28. The number of hydrogen-bond acceptors (Lipinski definition) is 6. The maximum Gasteiger partial charge on any atom is 0.185 e. The van der Waals surface area contributed by atoms with Crippen molar-refractivity contribution in [2.45, 2.75) is 6.42 Å². The number of nitriles is 1. The Bertz CT molecular complexity index is 592. The normalized spacial score (nSPS) is 9.95. The van der Waals surface area contributed by atoms with Crippen LogP contribution in [-0.4, -0.2) is 23.6 Å². The van der Waals surface area contributed by atoms with E-state index in [0.29, 0.717) is 5.82 Å². The Kier molecular flexibility index (Phi) is 4.71. The summed E-state index contributed by atoms with van der Waals surface area (Å²) < 4.78 is 1.12. The van der Waals surface area contributed by atoms with Gasteiger partial charge < -0.3 is 5.32 Å². The van der Waals surface area contributed by atoms with Gasteiger partial charge in [0.15, 0.2) is 6.19 Å². The van der Waals surface area contributed by atoms with Crippen LogP contribution in [0.25, 0.3) is 0 Å². The van der Waals surface area contributed by atoms with Crippen LogP contribution in [0.1, 0.15) is 4.88 Å². The highest BCUT2D eigenvalue weighted by atomic mass is 79.9. The summed E-state index contributed by atoms with van der Waals surface area (Å²) in [5.74, 6) is 1.31. The molecule has 0 amide bonds. The fourth-order valence-electron chi connectivity index (χ4n) is 1.48. The SMILES string of the molecule is CN(C#N)c1cc(NCCc2cc(Br)cs2)ncn1. The highest BCUT2D eigenvalue weighted by molar-refractivity contribution is 9.10. The van der Waals surface area contributed by atoms with Crippen molar-refractivity contribution in [1.29, 1.82) is 5.26 Å². The van der Waals surface area contributed by atoms with Gasteiger partial charge in [0.2, 0.25) is 0 Å². The van der Waals surface area contributed by atoms with Gasteiger partial charge in [-0.15, -0.1) is 11.3 Å². The lowest BCUT2D eigenvalue weighted by atomic mass is 10.3. The Hall–Kier alpha value is -1.65. The Labute approximate surface area is 124 Å². The van der Waals surface area contributed by atoms with Gasteiger partial charge in [0.25, 0.3) is 0 Å². The summed E-state index contributed by atoms with van der Waals surface area (Å²) in [6.07, 6.45) is 4.39. The number of anilines is 2. The molecule has 2 rings (SSSR count). The molecule has 19 heavy (non-hydrogen) atoms. The Morgan fingerprint density at radius 1 is 1.47 bits per heavy atom. The van der Waals surface area contributed by atoms with E-state index < -0.39 is 0 Å². The molecule has 0 aromatic carbocycles. The topological polar surface area (TPSA) is 64.8 Å². The van der Waals surface area contributed by atoms with E-state index in [4.69, 9.17) is 5.26 Å². The third kappa shape index (κ3) is 3.91. The first-order valence-electron chi connectivity index (χ1n) is 5.61. The van der Waals surface area contributed by atoms with Crippen LogP contribution in [0.15, 0.2) is 28.3 Å². The van der Waals surface area contributed by atoms with Crippen LogP contribution in [0.5, 0.6) is 0 Å². The van der Waals surface area contributed by atoms with E-state index in [-0.39, 0.29) is 0 Å². The molecule has 0 atom stereocenters. The van der Waals surface area contributed by atoms with Crippen LogP contribution in [0.3, 0.4) is 0 Å². The standard InChI is InChI=1S/C12H12BrN5S/c1-18(7-14)12-5-11(16-8-17-12)15-3-2-10-4-9(13)6-19-10/h4-6,8H,2-3H2,1H3,(H,15,16,17). The predicted molar refractivity (Wildman–Crippen MR) is 80.3 cm³/mol. The number of nitrogens with zero attached hydrogens (tertiary/aromatic N) is 4. The van der Waals surface area contributed by atoms with Crippen LogP contribution < -0.4 is 10.2 Å². The highest BCUT2D eigenvalue weighted by Crippen LogP contribution is 2.20. The lowest BCUT2D eigenvalue weighted by Crippen LogP contribution is -2.12. The van der Waals surface area contributed by atoms with Crippen molar-refractivity contribution < 1.29 is 0 Å². The number of rotatable bonds is 5. The molecule has 0 saturated carbocycles. The summed E-state index contributed by atoms with van der Waals surface area (Å²) in [7, 11) is 1.66. The van der Waals surface area contributed by atoms with Crippen LogP contribution in [0, 0.1) is 11.5 Å². The molecule has 0 fully saturated rings. The van der Waals surface area contributed by atoms with Crippen molar-refractivity contribution in [3.05, 3.63) is 33.2 Å². The predicted octanol–water partition coefficient (Wildman–Crippen LogP) is 2.87. The summed E-state index contributed by atoms with van der Waals surface area (Å²) >= 11 is 5.16. The zero-order chi connectivity index (χ0) is 13.7. The average molecular weight is 338 g/mol. The smallest absolute Gasteiger partial charge is 0.185 e. The summed E-state index contributed by atoms with van der Waals surface area (Å²) in [5, 5.41) is 14.1. The number of aromatic nitrogens is 2. The van der Waals surface area contributed by atoms with E-state index in [0.717, 1.165) is 23.3 Å². The molecule has 2 aromatic heterocycles. The zero-order valence-corrected chi connectivity index (χ0v) is 12.7. The molecule has 0 aliphatic rings.